The average molecular weight is 177 g/mol. The second-order valence-corrected chi connectivity index (χ2v) is 3.60. The molecule has 0 bridgehead atoms. The number of hydrogen-bond donors (Lipinski definition) is 0. The Morgan fingerprint density at radius 2 is 1.83 bits per heavy atom. The first-order chi connectivity index (χ1) is 5.69. The predicted molar refractivity (Wildman–Crippen MR) is 52.4 cm³/mol. The largest absolute Gasteiger partial charge is 0.192 e. The van der Waals surface area contributed by atoms with Crippen molar-refractivity contribution < 1.29 is 0 Å². The maximum absolute atomic E-state index is 8.80. The molecule has 1 aromatic rings. The summed E-state index contributed by atoms with van der Waals surface area (Å²) in [5.74, 6) is 0. The number of rotatable bonds is 1. The maximum atomic E-state index is 8.80. The third-order valence-corrected chi connectivity index (χ3v) is 2.71. The standard InChI is InChI=1S/C10H11NS/c1-7-4-9(6-11)10(12-3)5-8(7)2/h4-5H,1-3H3. The lowest BCUT2D eigenvalue weighted by molar-refractivity contribution is 1.25. The summed E-state index contributed by atoms with van der Waals surface area (Å²) in [7, 11) is 0. The Kier molecular flexibility index (Phi) is 2.78. The zero-order chi connectivity index (χ0) is 9.14. The summed E-state index contributed by atoms with van der Waals surface area (Å²) in [6, 6.07) is 6.21. The fourth-order valence-electron chi connectivity index (χ4n) is 1.05. The molecule has 0 atom stereocenters. The highest BCUT2D eigenvalue weighted by Gasteiger charge is 2.02. The van der Waals surface area contributed by atoms with Gasteiger partial charge in [0.25, 0.3) is 0 Å². The molecule has 0 aliphatic rings. The lowest BCUT2D eigenvalue weighted by Gasteiger charge is -2.04. The molecule has 2 heteroatoms. The van der Waals surface area contributed by atoms with Crippen molar-refractivity contribution in [3.8, 4) is 6.07 Å². The predicted octanol–water partition coefficient (Wildman–Crippen LogP) is 2.90. The van der Waals surface area contributed by atoms with E-state index in [9.17, 15) is 0 Å². The van der Waals surface area contributed by atoms with Crippen LogP contribution in [-0.2, 0) is 0 Å². The van der Waals surface area contributed by atoms with Crippen LogP contribution in [0.1, 0.15) is 16.7 Å². The van der Waals surface area contributed by atoms with Gasteiger partial charge in [0.1, 0.15) is 6.07 Å². The summed E-state index contributed by atoms with van der Waals surface area (Å²) in [6.07, 6.45) is 1.99. The molecule has 1 nitrogen and oxygen atoms in total. The number of benzene rings is 1. The molecule has 0 radical (unpaired) electrons. The Bertz CT molecular complexity index is 336. The highest BCUT2D eigenvalue weighted by molar-refractivity contribution is 7.98. The maximum Gasteiger partial charge on any atom is 0.100 e. The van der Waals surface area contributed by atoms with Gasteiger partial charge < -0.3 is 0 Å². The van der Waals surface area contributed by atoms with E-state index in [0.29, 0.717) is 0 Å². The van der Waals surface area contributed by atoms with Crippen LogP contribution in [0.3, 0.4) is 0 Å². The van der Waals surface area contributed by atoms with E-state index in [1.54, 1.807) is 11.8 Å². The van der Waals surface area contributed by atoms with Gasteiger partial charge >= 0.3 is 0 Å². The minimum absolute atomic E-state index is 0.783. The van der Waals surface area contributed by atoms with Crippen molar-refractivity contribution >= 4 is 11.8 Å². The highest BCUT2D eigenvalue weighted by Crippen LogP contribution is 2.23. The Morgan fingerprint density at radius 3 is 2.33 bits per heavy atom. The normalized spacial score (nSPS) is 9.50. The molecule has 0 saturated heterocycles. The van der Waals surface area contributed by atoms with Gasteiger partial charge in [0.05, 0.1) is 5.56 Å². The molecule has 0 heterocycles. The van der Waals surface area contributed by atoms with E-state index < -0.39 is 0 Å². The molecule has 0 aliphatic heterocycles. The molecule has 1 rings (SSSR count). The minimum Gasteiger partial charge on any atom is -0.192 e. The van der Waals surface area contributed by atoms with Gasteiger partial charge in [-0.2, -0.15) is 5.26 Å². The Balaban J connectivity index is 3.31. The molecule has 0 aromatic heterocycles. The third-order valence-electron chi connectivity index (χ3n) is 1.94. The van der Waals surface area contributed by atoms with E-state index in [-0.39, 0.29) is 0 Å². The number of thioether (sulfide) groups is 1. The van der Waals surface area contributed by atoms with Crippen molar-refractivity contribution in [2.45, 2.75) is 18.7 Å². The molecule has 1 aromatic carbocycles. The van der Waals surface area contributed by atoms with Gasteiger partial charge in [0, 0.05) is 4.90 Å². The molecule has 0 amide bonds. The zero-order valence-electron chi connectivity index (χ0n) is 7.51. The average Bonchev–Trinajstić information content (AvgIpc) is 2.09. The van der Waals surface area contributed by atoms with Gasteiger partial charge in [-0.25, -0.2) is 0 Å². The molecule has 0 unspecified atom stereocenters. The molecule has 0 fully saturated rings. The van der Waals surface area contributed by atoms with Crippen LogP contribution in [0.15, 0.2) is 17.0 Å². The second-order valence-electron chi connectivity index (χ2n) is 2.75. The smallest absolute Gasteiger partial charge is 0.100 e. The van der Waals surface area contributed by atoms with Crippen molar-refractivity contribution in [2.75, 3.05) is 6.26 Å². The van der Waals surface area contributed by atoms with E-state index in [1.807, 2.05) is 19.2 Å². The van der Waals surface area contributed by atoms with Crippen molar-refractivity contribution in [1.29, 1.82) is 5.26 Å². The molecular weight excluding hydrogens is 166 g/mol. The summed E-state index contributed by atoms with van der Waals surface area (Å²) in [5.41, 5.74) is 3.22. The Morgan fingerprint density at radius 1 is 1.25 bits per heavy atom. The lowest BCUT2D eigenvalue weighted by Crippen LogP contribution is -1.86. The van der Waals surface area contributed by atoms with Crippen LogP contribution in [0.5, 0.6) is 0 Å². The summed E-state index contributed by atoms with van der Waals surface area (Å²) in [6.45, 7) is 4.09. The molecule has 62 valence electrons. The molecule has 0 saturated carbocycles. The summed E-state index contributed by atoms with van der Waals surface area (Å²) in [4.78, 5) is 1.07. The van der Waals surface area contributed by atoms with Crippen molar-refractivity contribution in [3.05, 3.63) is 28.8 Å². The monoisotopic (exact) mass is 177 g/mol. The van der Waals surface area contributed by atoms with Crippen molar-refractivity contribution in [3.63, 3.8) is 0 Å². The van der Waals surface area contributed by atoms with Crippen LogP contribution in [0, 0.1) is 25.2 Å². The van der Waals surface area contributed by atoms with Crippen molar-refractivity contribution in [1.82, 2.24) is 0 Å². The SMILES string of the molecule is CSc1cc(C)c(C)cc1C#N. The van der Waals surface area contributed by atoms with Crippen LogP contribution in [0.25, 0.3) is 0 Å². The van der Waals surface area contributed by atoms with Crippen LogP contribution in [0.4, 0.5) is 0 Å². The van der Waals surface area contributed by atoms with Gasteiger partial charge in [-0.05, 0) is 43.4 Å². The summed E-state index contributed by atoms with van der Waals surface area (Å²) < 4.78 is 0. The van der Waals surface area contributed by atoms with Gasteiger partial charge in [-0.1, -0.05) is 0 Å². The Hall–Kier alpha value is -0.940. The zero-order valence-corrected chi connectivity index (χ0v) is 8.33. The quantitative estimate of drug-likeness (QED) is 0.616. The lowest BCUT2D eigenvalue weighted by atomic mass is 10.1. The second kappa shape index (κ2) is 3.64. The minimum atomic E-state index is 0.783. The third kappa shape index (κ3) is 1.62. The topological polar surface area (TPSA) is 23.8 Å². The highest BCUT2D eigenvalue weighted by atomic mass is 32.2. The van der Waals surface area contributed by atoms with E-state index in [4.69, 9.17) is 5.26 Å². The first-order valence-electron chi connectivity index (χ1n) is 3.74. The van der Waals surface area contributed by atoms with Crippen LogP contribution in [-0.4, -0.2) is 6.26 Å². The first-order valence-corrected chi connectivity index (χ1v) is 4.97. The number of aryl methyl sites for hydroxylation is 2. The fourth-order valence-corrected chi connectivity index (χ4v) is 1.67. The van der Waals surface area contributed by atoms with Gasteiger partial charge in [-0.3, -0.25) is 0 Å². The molecule has 0 N–H and O–H groups in total. The van der Waals surface area contributed by atoms with Crippen LogP contribution in [0.2, 0.25) is 0 Å². The van der Waals surface area contributed by atoms with Crippen LogP contribution >= 0.6 is 11.8 Å². The molecular formula is C10H11NS. The number of nitrogens with zero attached hydrogens (tertiary/aromatic N) is 1. The van der Waals surface area contributed by atoms with Gasteiger partial charge in [0.15, 0.2) is 0 Å². The number of nitriles is 1. The van der Waals surface area contributed by atoms with E-state index in [0.717, 1.165) is 10.5 Å². The summed E-state index contributed by atoms with van der Waals surface area (Å²) >= 11 is 1.62. The van der Waals surface area contributed by atoms with Crippen molar-refractivity contribution in [2.24, 2.45) is 0 Å². The molecule has 0 aliphatic carbocycles. The summed E-state index contributed by atoms with van der Waals surface area (Å²) in [5, 5.41) is 8.80. The Labute approximate surface area is 77.4 Å². The van der Waals surface area contributed by atoms with E-state index >= 15 is 0 Å². The molecule has 0 spiro atoms. The van der Waals surface area contributed by atoms with Gasteiger partial charge in [0.2, 0.25) is 0 Å². The van der Waals surface area contributed by atoms with Gasteiger partial charge in [-0.15, -0.1) is 11.8 Å². The first kappa shape index (κ1) is 9.15. The molecule has 12 heavy (non-hydrogen) atoms. The van der Waals surface area contributed by atoms with E-state index in [2.05, 4.69) is 19.1 Å². The van der Waals surface area contributed by atoms with E-state index in [1.165, 1.54) is 11.1 Å². The number of hydrogen-bond acceptors (Lipinski definition) is 2. The van der Waals surface area contributed by atoms with Crippen LogP contribution < -0.4 is 0 Å². The fraction of sp³-hybridized carbons (Fsp3) is 0.300.